The monoisotopic (exact) mass is 282 g/mol. The molecule has 1 aliphatic carbocycles. The first-order valence-electron chi connectivity index (χ1n) is 8.87. The molecule has 21 heavy (non-hydrogen) atoms. The van der Waals surface area contributed by atoms with Gasteiger partial charge in [-0.2, -0.15) is 0 Å². The third-order valence-corrected chi connectivity index (χ3v) is 5.14. The smallest absolute Gasteiger partial charge is 0.0242 e. The lowest BCUT2D eigenvalue weighted by atomic mass is 9.78. The van der Waals surface area contributed by atoms with Crippen LogP contribution < -0.4 is 0 Å². The Kier molecular flexibility index (Phi) is 6.87. The number of benzene rings is 1. The Hall–Kier alpha value is -1.22. The van der Waals surface area contributed by atoms with E-state index in [1.165, 1.54) is 69.8 Å². The van der Waals surface area contributed by atoms with Gasteiger partial charge in [-0.25, -0.2) is 0 Å². The highest BCUT2D eigenvalue weighted by Gasteiger charge is 2.20. The summed E-state index contributed by atoms with van der Waals surface area (Å²) >= 11 is 0. The van der Waals surface area contributed by atoms with Crippen molar-refractivity contribution < 1.29 is 0 Å². The Morgan fingerprint density at radius 2 is 1.57 bits per heavy atom. The zero-order valence-electron chi connectivity index (χ0n) is 13.6. The minimum Gasteiger partial charge on any atom is -0.115 e. The van der Waals surface area contributed by atoms with E-state index in [1.807, 2.05) is 0 Å². The molecule has 114 valence electrons. The molecule has 1 aliphatic rings. The molecule has 0 atom stereocenters. The summed E-state index contributed by atoms with van der Waals surface area (Å²) in [6.07, 6.45) is 19.6. The minimum absolute atomic E-state index is 0.958. The fraction of sp³-hybridized carbons (Fsp3) is 0.619. The first-order valence-corrected chi connectivity index (χ1v) is 8.87. The van der Waals surface area contributed by atoms with Crippen molar-refractivity contribution >= 4 is 0 Å². The molecule has 0 amide bonds. The van der Waals surface area contributed by atoms with Crippen molar-refractivity contribution in [3.63, 3.8) is 0 Å². The Labute approximate surface area is 131 Å². The van der Waals surface area contributed by atoms with Crippen LogP contribution in [0.25, 0.3) is 0 Å². The second-order valence-electron chi connectivity index (χ2n) is 6.76. The molecule has 0 N–H and O–H groups in total. The van der Waals surface area contributed by atoms with E-state index >= 15 is 0 Å². The molecule has 1 fully saturated rings. The number of terminal acetylenes is 1. The first-order chi connectivity index (χ1) is 10.3. The van der Waals surface area contributed by atoms with Crippen LogP contribution in [-0.4, -0.2) is 0 Å². The summed E-state index contributed by atoms with van der Waals surface area (Å²) in [5.41, 5.74) is 2.44. The zero-order chi connectivity index (χ0) is 14.9. The maximum atomic E-state index is 5.40. The highest BCUT2D eigenvalue weighted by molar-refractivity contribution is 5.34. The van der Waals surface area contributed by atoms with E-state index in [9.17, 15) is 0 Å². The fourth-order valence-corrected chi connectivity index (χ4v) is 3.63. The van der Waals surface area contributed by atoms with Crippen LogP contribution >= 0.6 is 0 Å². The molecule has 0 nitrogen and oxygen atoms in total. The predicted octanol–water partition coefficient (Wildman–Crippen LogP) is 5.99. The molecule has 0 heterocycles. The van der Waals surface area contributed by atoms with Crippen LogP contribution in [-0.2, 0) is 6.42 Å². The number of hydrogen-bond acceptors (Lipinski definition) is 0. The Morgan fingerprint density at radius 1 is 0.952 bits per heavy atom. The zero-order valence-corrected chi connectivity index (χ0v) is 13.6. The van der Waals surface area contributed by atoms with Crippen LogP contribution in [0, 0.1) is 24.2 Å². The molecule has 1 aromatic carbocycles. The molecule has 2 rings (SSSR count). The van der Waals surface area contributed by atoms with Gasteiger partial charge < -0.3 is 0 Å². The lowest BCUT2D eigenvalue weighted by molar-refractivity contribution is 0.249. The van der Waals surface area contributed by atoms with Gasteiger partial charge >= 0.3 is 0 Å². The molecule has 0 aliphatic heterocycles. The van der Waals surface area contributed by atoms with E-state index in [0.717, 1.165) is 17.4 Å². The molecule has 1 saturated carbocycles. The third-order valence-electron chi connectivity index (χ3n) is 5.14. The molecular weight excluding hydrogens is 252 g/mol. The minimum atomic E-state index is 0.958. The van der Waals surface area contributed by atoms with Gasteiger partial charge in [0.2, 0.25) is 0 Å². The van der Waals surface area contributed by atoms with Crippen molar-refractivity contribution in [2.24, 2.45) is 11.8 Å². The average molecular weight is 282 g/mol. The lowest BCUT2D eigenvalue weighted by Gasteiger charge is -2.28. The van der Waals surface area contributed by atoms with E-state index in [-0.39, 0.29) is 0 Å². The maximum Gasteiger partial charge on any atom is 0.0242 e. The van der Waals surface area contributed by atoms with Gasteiger partial charge in [-0.1, -0.05) is 76.3 Å². The van der Waals surface area contributed by atoms with Crippen molar-refractivity contribution in [3.8, 4) is 12.3 Å². The van der Waals surface area contributed by atoms with Crippen molar-refractivity contribution in [3.05, 3.63) is 35.4 Å². The van der Waals surface area contributed by atoms with Gasteiger partial charge in [0.05, 0.1) is 0 Å². The van der Waals surface area contributed by atoms with Crippen LogP contribution in [0.1, 0.15) is 75.8 Å². The van der Waals surface area contributed by atoms with Crippen LogP contribution in [0.4, 0.5) is 0 Å². The molecule has 0 spiro atoms. The summed E-state index contributed by atoms with van der Waals surface area (Å²) in [5, 5.41) is 0. The summed E-state index contributed by atoms with van der Waals surface area (Å²) in [7, 11) is 0. The van der Waals surface area contributed by atoms with E-state index in [4.69, 9.17) is 6.42 Å². The number of rotatable bonds is 7. The largest absolute Gasteiger partial charge is 0.115 e. The number of hydrogen-bond donors (Lipinski definition) is 0. The molecule has 0 saturated heterocycles. The highest BCUT2D eigenvalue weighted by Crippen LogP contribution is 2.34. The molecule has 0 unspecified atom stereocenters. The van der Waals surface area contributed by atoms with Gasteiger partial charge in [0.15, 0.2) is 0 Å². The van der Waals surface area contributed by atoms with E-state index in [1.54, 1.807) is 0 Å². The van der Waals surface area contributed by atoms with Gasteiger partial charge in [0.1, 0.15) is 0 Å². The van der Waals surface area contributed by atoms with E-state index in [2.05, 4.69) is 37.1 Å². The molecule has 0 radical (unpaired) electrons. The third kappa shape index (κ3) is 5.58. The van der Waals surface area contributed by atoms with E-state index < -0.39 is 0 Å². The van der Waals surface area contributed by atoms with Gasteiger partial charge in [0.25, 0.3) is 0 Å². The van der Waals surface area contributed by atoms with Gasteiger partial charge in [0, 0.05) is 5.56 Å². The maximum absolute atomic E-state index is 5.40. The Balaban J connectivity index is 1.65. The van der Waals surface area contributed by atoms with Crippen molar-refractivity contribution in [1.29, 1.82) is 0 Å². The summed E-state index contributed by atoms with van der Waals surface area (Å²) in [4.78, 5) is 0. The van der Waals surface area contributed by atoms with Gasteiger partial charge in [-0.3, -0.25) is 0 Å². The summed E-state index contributed by atoms with van der Waals surface area (Å²) in [6.45, 7) is 2.30. The molecule has 0 heteroatoms. The highest BCUT2D eigenvalue weighted by atomic mass is 14.3. The number of unbranched alkanes of at least 4 members (excludes halogenated alkanes) is 2. The Morgan fingerprint density at radius 3 is 2.14 bits per heavy atom. The van der Waals surface area contributed by atoms with E-state index in [0.29, 0.717) is 0 Å². The standard InChI is InChI=1S/C21H30/c1-3-5-6-7-19-12-14-21(15-13-19)17-16-20-10-8-18(4-2)9-11-20/h2,8-11,19,21H,3,5-7,12-17H2,1H3. The second-order valence-corrected chi connectivity index (χ2v) is 6.76. The molecule has 0 bridgehead atoms. The lowest BCUT2D eigenvalue weighted by Crippen LogP contribution is -2.15. The summed E-state index contributed by atoms with van der Waals surface area (Å²) in [6, 6.07) is 8.54. The van der Waals surface area contributed by atoms with Crippen molar-refractivity contribution in [1.82, 2.24) is 0 Å². The number of aryl methyl sites for hydroxylation is 1. The topological polar surface area (TPSA) is 0 Å². The van der Waals surface area contributed by atoms with Crippen LogP contribution in [0.3, 0.4) is 0 Å². The molecule has 1 aromatic rings. The fourth-order valence-electron chi connectivity index (χ4n) is 3.63. The predicted molar refractivity (Wildman–Crippen MR) is 92.3 cm³/mol. The van der Waals surface area contributed by atoms with Crippen LogP contribution in [0.15, 0.2) is 24.3 Å². The normalized spacial score (nSPS) is 21.9. The quantitative estimate of drug-likeness (QED) is 0.426. The van der Waals surface area contributed by atoms with Crippen molar-refractivity contribution in [2.45, 2.75) is 71.1 Å². The Bertz CT molecular complexity index is 426. The van der Waals surface area contributed by atoms with Crippen LogP contribution in [0.5, 0.6) is 0 Å². The van der Waals surface area contributed by atoms with Crippen molar-refractivity contribution in [2.75, 3.05) is 0 Å². The summed E-state index contributed by atoms with van der Waals surface area (Å²) < 4.78 is 0. The van der Waals surface area contributed by atoms with Crippen LogP contribution in [0.2, 0.25) is 0 Å². The summed E-state index contributed by atoms with van der Waals surface area (Å²) in [5.74, 6) is 4.67. The second kappa shape index (κ2) is 8.93. The van der Waals surface area contributed by atoms with Gasteiger partial charge in [-0.05, 0) is 42.4 Å². The van der Waals surface area contributed by atoms with Gasteiger partial charge in [-0.15, -0.1) is 6.42 Å². The SMILES string of the molecule is C#Cc1ccc(CCC2CCC(CCCCC)CC2)cc1. The molecular formula is C21H30. The molecule has 0 aromatic heterocycles. The average Bonchev–Trinajstić information content (AvgIpc) is 2.55. The first kappa shape index (κ1) is 16.2.